The summed E-state index contributed by atoms with van der Waals surface area (Å²) in [7, 11) is 0. The number of nitrogens with one attached hydrogen (secondary N) is 1. The van der Waals surface area contributed by atoms with Crippen LogP contribution in [0.5, 0.6) is 0 Å². The van der Waals surface area contributed by atoms with Gasteiger partial charge in [-0.15, -0.1) is 0 Å². The summed E-state index contributed by atoms with van der Waals surface area (Å²) in [5.74, 6) is -0.494. The van der Waals surface area contributed by atoms with Crippen LogP contribution in [0.25, 0.3) is 0 Å². The molecule has 1 atom stereocenters. The summed E-state index contributed by atoms with van der Waals surface area (Å²) < 4.78 is 5.13. The van der Waals surface area contributed by atoms with Crippen LogP contribution in [-0.4, -0.2) is 30.1 Å². The van der Waals surface area contributed by atoms with Gasteiger partial charge in [-0.2, -0.15) is 0 Å². The number of benzene rings is 1. The minimum Gasteiger partial charge on any atom is -0.379 e. The van der Waals surface area contributed by atoms with Crippen LogP contribution in [0, 0.1) is 10.1 Å². The number of hydrogen-bond donors (Lipinski definition) is 1. The largest absolute Gasteiger partial charge is 0.379 e. The zero-order valence-corrected chi connectivity index (χ0v) is 11.2. The molecule has 0 aliphatic carbocycles. The summed E-state index contributed by atoms with van der Waals surface area (Å²) in [5.41, 5.74) is -0.282. The predicted octanol–water partition coefficient (Wildman–Crippen LogP) is 2.42. The molecule has 1 aliphatic heterocycles. The van der Waals surface area contributed by atoms with Crippen molar-refractivity contribution in [1.82, 2.24) is 5.32 Å². The molecule has 102 valence electrons. The standard InChI is InChI=1S/C11H10Cl2N2O4/c12-9-4-7(15(17)18)3-8(10(9)13)11(16)14-6-1-2-19-5-6/h3-4,6H,1-2,5H2,(H,14,16)/t6-/m1/s1. The lowest BCUT2D eigenvalue weighted by molar-refractivity contribution is -0.384. The molecule has 1 N–H and O–H groups in total. The Morgan fingerprint density at radius 2 is 2.21 bits per heavy atom. The Bertz CT molecular complexity index is 530. The Morgan fingerprint density at radius 1 is 1.47 bits per heavy atom. The average Bonchev–Trinajstić information content (AvgIpc) is 2.84. The van der Waals surface area contributed by atoms with Crippen LogP contribution in [0.4, 0.5) is 5.69 Å². The molecule has 0 radical (unpaired) electrons. The van der Waals surface area contributed by atoms with Gasteiger partial charge < -0.3 is 10.1 Å². The quantitative estimate of drug-likeness (QED) is 0.687. The maximum Gasteiger partial charge on any atom is 0.271 e. The van der Waals surface area contributed by atoms with Gasteiger partial charge in [0.1, 0.15) is 0 Å². The van der Waals surface area contributed by atoms with E-state index in [1.165, 1.54) is 0 Å². The highest BCUT2D eigenvalue weighted by molar-refractivity contribution is 6.44. The molecule has 0 spiro atoms. The fourth-order valence-electron chi connectivity index (χ4n) is 1.76. The average molecular weight is 305 g/mol. The fourth-order valence-corrected chi connectivity index (χ4v) is 2.17. The molecule has 1 aromatic rings. The van der Waals surface area contributed by atoms with Crippen molar-refractivity contribution in [3.05, 3.63) is 37.9 Å². The van der Waals surface area contributed by atoms with Gasteiger partial charge in [0.2, 0.25) is 0 Å². The maximum atomic E-state index is 12.0. The van der Waals surface area contributed by atoms with E-state index >= 15 is 0 Å². The third-order valence-electron chi connectivity index (χ3n) is 2.73. The summed E-state index contributed by atoms with van der Waals surface area (Å²) in [6.07, 6.45) is 0.700. The van der Waals surface area contributed by atoms with E-state index in [9.17, 15) is 14.9 Å². The molecule has 1 fully saturated rings. The Kier molecular flexibility index (Phi) is 4.24. The first kappa shape index (κ1) is 14.0. The minimum absolute atomic E-state index is 0.00341. The molecule has 0 unspecified atom stereocenters. The molecule has 1 amide bonds. The van der Waals surface area contributed by atoms with E-state index in [2.05, 4.69) is 5.32 Å². The first-order valence-electron chi connectivity index (χ1n) is 5.51. The lowest BCUT2D eigenvalue weighted by Gasteiger charge is -2.12. The molecular formula is C11H10Cl2N2O4. The van der Waals surface area contributed by atoms with Crippen molar-refractivity contribution < 1.29 is 14.5 Å². The Morgan fingerprint density at radius 3 is 2.79 bits per heavy atom. The number of nitro groups is 1. The number of nitrogens with zero attached hydrogens (tertiary/aromatic N) is 1. The second-order valence-electron chi connectivity index (χ2n) is 4.08. The Hall–Kier alpha value is -1.37. The van der Waals surface area contributed by atoms with Gasteiger partial charge in [0.15, 0.2) is 0 Å². The molecule has 6 nitrogen and oxygen atoms in total. The number of carbonyl (C=O) groups excluding carboxylic acids is 1. The first-order valence-corrected chi connectivity index (χ1v) is 6.26. The van der Waals surface area contributed by atoms with Crippen molar-refractivity contribution >= 4 is 34.8 Å². The van der Waals surface area contributed by atoms with E-state index in [1.807, 2.05) is 0 Å². The zero-order valence-electron chi connectivity index (χ0n) is 9.69. The van der Waals surface area contributed by atoms with Crippen molar-refractivity contribution in [2.45, 2.75) is 12.5 Å². The number of amides is 1. The number of hydrogen-bond acceptors (Lipinski definition) is 4. The molecule has 1 heterocycles. The van der Waals surface area contributed by atoms with Crippen LogP contribution in [0.3, 0.4) is 0 Å². The van der Waals surface area contributed by atoms with Gasteiger partial charge >= 0.3 is 0 Å². The van der Waals surface area contributed by atoms with Crippen LogP contribution < -0.4 is 5.32 Å². The molecule has 2 rings (SSSR count). The molecule has 1 saturated heterocycles. The van der Waals surface area contributed by atoms with Crippen molar-refractivity contribution in [3.63, 3.8) is 0 Å². The number of nitro benzene ring substituents is 1. The lowest BCUT2D eigenvalue weighted by atomic mass is 10.1. The molecular weight excluding hydrogens is 295 g/mol. The monoisotopic (exact) mass is 304 g/mol. The maximum absolute atomic E-state index is 12.0. The molecule has 1 aliphatic rings. The van der Waals surface area contributed by atoms with Gasteiger partial charge in [-0.05, 0) is 6.42 Å². The van der Waals surface area contributed by atoms with E-state index in [0.29, 0.717) is 19.6 Å². The number of carbonyl (C=O) groups is 1. The topological polar surface area (TPSA) is 81.5 Å². The van der Waals surface area contributed by atoms with Gasteiger partial charge in [0, 0.05) is 18.7 Å². The molecule has 1 aromatic carbocycles. The van der Waals surface area contributed by atoms with Crippen LogP contribution in [0.2, 0.25) is 10.0 Å². The normalized spacial score (nSPS) is 18.3. The van der Waals surface area contributed by atoms with Gasteiger partial charge in [-0.3, -0.25) is 14.9 Å². The van der Waals surface area contributed by atoms with E-state index < -0.39 is 10.8 Å². The zero-order chi connectivity index (χ0) is 14.0. The molecule has 0 aromatic heterocycles. The van der Waals surface area contributed by atoms with E-state index in [4.69, 9.17) is 27.9 Å². The molecule has 0 saturated carbocycles. The van der Waals surface area contributed by atoms with Crippen molar-refractivity contribution in [2.75, 3.05) is 13.2 Å². The third kappa shape index (κ3) is 3.15. The second kappa shape index (κ2) is 5.73. The van der Waals surface area contributed by atoms with E-state index in [-0.39, 0.29) is 27.3 Å². The van der Waals surface area contributed by atoms with Gasteiger partial charge in [0.25, 0.3) is 11.6 Å². The number of halogens is 2. The Labute approximate surface area is 118 Å². The highest BCUT2D eigenvalue weighted by Crippen LogP contribution is 2.30. The van der Waals surface area contributed by atoms with E-state index in [1.54, 1.807) is 0 Å². The summed E-state index contributed by atoms with van der Waals surface area (Å²) in [6.45, 7) is 1.00. The first-order chi connectivity index (χ1) is 8.99. The van der Waals surface area contributed by atoms with Gasteiger partial charge in [-0.25, -0.2) is 0 Å². The summed E-state index contributed by atoms with van der Waals surface area (Å²) >= 11 is 11.7. The summed E-state index contributed by atoms with van der Waals surface area (Å²) in [5, 5.41) is 13.4. The van der Waals surface area contributed by atoms with E-state index in [0.717, 1.165) is 12.1 Å². The summed E-state index contributed by atoms with van der Waals surface area (Å²) in [4.78, 5) is 22.1. The van der Waals surface area contributed by atoms with Crippen LogP contribution >= 0.6 is 23.2 Å². The number of non-ortho nitro benzene ring substituents is 1. The molecule has 19 heavy (non-hydrogen) atoms. The Balaban J connectivity index is 2.26. The lowest BCUT2D eigenvalue weighted by Crippen LogP contribution is -2.35. The highest BCUT2D eigenvalue weighted by Gasteiger charge is 2.23. The van der Waals surface area contributed by atoms with Crippen molar-refractivity contribution in [2.24, 2.45) is 0 Å². The second-order valence-corrected chi connectivity index (χ2v) is 4.87. The van der Waals surface area contributed by atoms with Gasteiger partial charge in [-0.1, -0.05) is 23.2 Å². The van der Waals surface area contributed by atoms with Crippen molar-refractivity contribution in [1.29, 1.82) is 0 Å². The third-order valence-corrected chi connectivity index (χ3v) is 3.54. The van der Waals surface area contributed by atoms with Crippen molar-refractivity contribution in [3.8, 4) is 0 Å². The smallest absolute Gasteiger partial charge is 0.271 e. The van der Waals surface area contributed by atoms with Crippen LogP contribution in [-0.2, 0) is 4.74 Å². The number of rotatable bonds is 3. The SMILES string of the molecule is O=C(N[C@@H]1CCOC1)c1cc([N+](=O)[O-])cc(Cl)c1Cl. The van der Waals surface area contributed by atoms with Crippen LogP contribution in [0.1, 0.15) is 16.8 Å². The predicted molar refractivity (Wildman–Crippen MR) is 69.8 cm³/mol. The molecule has 8 heteroatoms. The highest BCUT2D eigenvalue weighted by atomic mass is 35.5. The molecule has 0 bridgehead atoms. The fraction of sp³-hybridized carbons (Fsp3) is 0.364. The minimum atomic E-state index is -0.627. The van der Waals surface area contributed by atoms with Crippen LogP contribution in [0.15, 0.2) is 12.1 Å². The van der Waals surface area contributed by atoms with Gasteiger partial charge in [0.05, 0.1) is 33.2 Å². The number of ether oxygens (including phenoxy) is 1. The summed E-state index contributed by atoms with van der Waals surface area (Å²) in [6, 6.07) is 2.11.